The van der Waals surface area contributed by atoms with Gasteiger partial charge in [-0.05, 0) is 51.7 Å². The minimum Gasteiger partial charge on any atom is -0.458 e. The average Bonchev–Trinajstić information content (AvgIpc) is 2.93. The molecule has 8 nitrogen and oxygen atoms in total. The molecular weight excluding hydrogens is 512 g/mol. The van der Waals surface area contributed by atoms with Gasteiger partial charge in [-0.15, -0.1) is 0 Å². The lowest BCUT2D eigenvalue weighted by atomic mass is 10.1. The van der Waals surface area contributed by atoms with Gasteiger partial charge in [0.2, 0.25) is 0 Å². The van der Waals surface area contributed by atoms with Gasteiger partial charge in [-0.1, -0.05) is 77.7 Å². The van der Waals surface area contributed by atoms with E-state index in [0.29, 0.717) is 12.8 Å². The van der Waals surface area contributed by atoms with E-state index in [4.69, 9.17) is 18.9 Å². The van der Waals surface area contributed by atoms with E-state index in [-0.39, 0.29) is 35.5 Å². The third-order valence-electron chi connectivity index (χ3n) is 6.17. The van der Waals surface area contributed by atoms with E-state index >= 15 is 0 Å². The van der Waals surface area contributed by atoms with Crippen LogP contribution >= 0.6 is 0 Å². The molecule has 0 fully saturated rings. The molecule has 0 radical (unpaired) electrons. The van der Waals surface area contributed by atoms with Crippen LogP contribution in [0.1, 0.15) is 113 Å². The number of benzene rings is 1. The highest BCUT2D eigenvalue weighted by atomic mass is 16.6. The van der Waals surface area contributed by atoms with E-state index in [2.05, 4.69) is 27.0 Å². The van der Waals surface area contributed by atoms with E-state index in [9.17, 15) is 19.2 Å². The molecule has 1 aromatic carbocycles. The van der Waals surface area contributed by atoms with E-state index in [1.54, 1.807) is 26.0 Å². The molecule has 0 saturated heterocycles. The van der Waals surface area contributed by atoms with Gasteiger partial charge in [-0.3, -0.25) is 0 Å². The summed E-state index contributed by atoms with van der Waals surface area (Å²) < 4.78 is 21.9. The Bertz CT molecular complexity index is 917. The zero-order chi connectivity index (χ0) is 29.9. The van der Waals surface area contributed by atoms with Crippen molar-refractivity contribution in [2.75, 3.05) is 13.2 Å². The van der Waals surface area contributed by atoms with Gasteiger partial charge in [0.1, 0.15) is 25.4 Å². The second kappa shape index (κ2) is 19.6. The summed E-state index contributed by atoms with van der Waals surface area (Å²) in [6.45, 7) is 14.2. The Morgan fingerprint density at radius 3 is 1.35 bits per heavy atom. The fourth-order valence-corrected chi connectivity index (χ4v) is 3.79. The minimum atomic E-state index is -0.734. The second-order valence-electron chi connectivity index (χ2n) is 10.1. The fraction of sp³-hybridized carbons (Fsp3) is 0.562. The zero-order valence-electron chi connectivity index (χ0n) is 24.6. The summed E-state index contributed by atoms with van der Waals surface area (Å²) >= 11 is 0. The highest BCUT2D eigenvalue weighted by molar-refractivity contribution is 6.03. The average molecular weight is 559 g/mol. The molecule has 0 N–H and O–H groups in total. The van der Waals surface area contributed by atoms with Crippen LogP contribution in [-0.2, 0) is 28.5 Å². The van der Waals surface area contributed by atoms with E-state index in [1.165, 1.54) is 12.1 Å². The number of esters is 4. The van der Waals surface area contributed by atoms with Crippen molar-refractivity contribution in [1.82, 2.24) is 0 Å². The number of ether oxygens (including phenoxy) is 4. The van der Waals surface area contributed by atoms with Crippen molar-refractivity contribution in [2.24, 2.45) is 0 Å². The second-order valence-corrected chi connectivity index (χ2v) is 10.1. The number of hydrogen-bond donors (Lipinski definition) is 0. The molecule has 8 heteroatoms. The molecule has 0 aliphatic carbocycles. The highest BCUT2D eigenvalue weighted by Gasteiger charge is 2.24. The molecule has 40 heavy (non-hydrogen) atoms. The predicted molar refractivity (Wildman–Crippen MR) is 154 cm³/mol. The van der Waals surface area contributed by atoms with Crippen molar-refractivity contribution in [3.8, 4) is 0 Å². The quantitative estimate of drug-likeness (QED) is 0.0735. The summed E-state index contributed by atoms with van der Waals surface area (Å²) in [5, 5.41) is 0. The molecule has 1 rings (SSSR count). The monoisotopic (exact) mass is 558 g/mol. The highest BCUT2D eigenvalue weighted by Crippen LogP contribution is 2.17. The van der Waals surface area contributed by atoms with Crippen molar-refractivity contribution >= 4 is 23.9 Å². The van der Waals surface area contributed by atoms with Crippen LogP contribution in [0.15, 0.2) is 48.6 Å². The Morgan fingerprint density at radius 2 is 1.02 bits per heavy atom. The molecule has 1 aromatic rings. The van der Waals surface area contributed by atoms with Crippen LogP contribution in [-0.4, -0.2) is 49.3 Å². The Balaban J connectivity index is 2.87. The molecule has 0 bridgehead atoms. The number of hydrogen-bond acceptors (Lipinski definition) is 8. The summed E-state index contributed by atoms with van der Waals surface area (Å²) in [6, 6.07) is 6.17. The van der Waals surface area contributed by atoms with E-state index in [0.717, 1.165) is 51.4 Å². The Kier molecular flexibility index (Phi) is 17.0. The molecule has 0 aromatic heterocycles. The zero-order valence-corrected chi connectivity index (χ0v) is 24.6. The summed E-state index contributed by atoms with van der Waals surface area (Å²) in [7, 11) is 0. The number of carbonyl (C=O) groups excluding carboxylic acids is 4. The van der Waals surface area contributed by atoms with Crippen LogP contribution in [0.3, 0.4) is 0 Å². The lowest BCUT2D eigenvalue weighted by Crippen LogP contribution is -2.27. The van der Waals surface area contributed by atoms with Gasteiger partial charge in [-0.2, -0.15) is 0 Å². The Morgan fingerprint density at radius 1 is 0.650 bits per heavy atom. The van der Waals surface area contributed by atoms with Crippen molar-refractivity contribution in [3.63, 3.8) is 0 Å². The van der Waals surface area contributed by atoms with Crippen molar-refractivity contribution < 1.29 is 38.1 Å². The maximum absolute atomic E-state index is 13.0. The molecular formula is C32H46O8. The molecule has 2 unspecified atom stereocenters. The molecule has 0 saturated carbocycles. The lowest BCUT2D eigenvalue weighted by Gasteiger charge is -2.19. The first-order valence-electron chi connectivity index (χ1n) is 14.3. The third-order valence-corrected chi connectivity index (χ3v) is 6.17. The van der Waals surface area contributed by atoms with Crippen LogP contribution in [0.5, 0.6) is 0 Å². The van der Waals surface area contributed by atoms with Crippen LogP contribution in [0.2, 0.25) is 0 Å². The first-order chi connectivity index (χ1) is 19.1. The van der Waals surface area contributed by atoms with Crippen molar-refractivity contribution in [2.45, 2.75) is 104 Å². The summed E-state index contributed by atoms with van der Waals surface area (Å²) in [5.74, 6) is -2.56. The van der Waals surface area contributed by atoms with E-state index in [1.807, 2.05) is 0 Å². The molecule has 0 aliphatic heterocycles. The number of carbonyl (C=O) groups is 4. The van der Waals surface area contributed by atoms with Crippen LogP contribution in [0, 0.1) is 0 Å². The first-order valence-corrected chi connectivity index (χ1v) is 14.3. The maximum atomic E-state index is 13.0. The molecule has 0 amide bonds. The van der Waals surface area contributed by atoms with Gasteiger partial charge in [0.05, 0.1) is 11.1 Å². The lowest BCUT2D eigenvalue weighted by molar-refractivity contribution is -0.147. The van der Waals surface area contributed by atoms with Gasteiger partial charge in [0.15, 0.2) is 0 Å². The molecule has 2 atom stereocenters. The SMILES string of the molecule is C=C(C)C(=O)OC(CCCCCC)COC(=O)c1ccccc1C(=O)OCC(CCCCCC)OC(=O)C(=C)C. The maximum Gasteiger partial charge on any atom is 0.339 e. The number of unbranched alkanes of at least 4 members (excludes halogenated alkanes) is 6. The largest absolute Gasteiger partial charge is 0.458 e. The van der Waals surface area contributed by atoms with Crippen LogP contribution in [0.4, 0.5) is 0 Å². The minimum absolute atomic E-state index is 0.0295. The Hall–Kier alpha value is -3.42. The van der Waals surface area contributed by atoms with Gasteiger partial charge < -0.3 is 18.9 Å². The Labute approximate surface area is 239 Å². The van der Waals surface area contributed by atoms with Gasteiger partial charge in [0.25, 0.3) is 0 Å². The van der Waals surface area contributed by atoms with Gasteiger partial charge >= 0.3 is 23.9 Å². The van der Waals surface area contributed by atoms with Crippen LogP contribution in [0.25, 0.3) is 0 Å². The summed E-state index contributed by atoms with van der Waals surface area (Å²) in [4.78, 5) is 50.1. The first kappa shape index (κ1) is 34.6. The molecule has 222 valence electrons. The van der Waals surface area contributed by atoms with Gasteiger partial charge in [0, 0.05) is 11.1 Å². The molecule has 0 spiro atoms. The van der Waals surface area contributed by atoms with Crippen molar-refractivity contribution in [1.29, 1.82) is 0 Å². The van der Waals surface area contributed by atoms with E-state index < -0.39 is 36.1 Å². The number of rotatable bonds is 20. The summed E-state index contributed by atoms with van der Waals surface area (Å²) in [6.07, 6.45) is 7.66. The smallest absolute Gasteiger partial charge is 0.339 e. The van der Waals surface area contributed by atoms with Crippen LogP contribution < -0.4 is 0 Å². The molecule has 0 aliphatic rings. The molecule has 0 heterocycles. The van der Waals surface area contributed by atoms with Gasteiger partial charge in [-0.25, -0.2) is 19.2 Å². The standard InChI is InChI=1S/C32H46O8/c1-7-9-11-13-17-25(39-29(33)23(3)4)21-37-31(35)27-19-15-16-20-28(27)32(36)38-22-26(18-14-12-10-8-2)40-30(34)24(5)6/h15-16,19-20,25-26H,3,5,7-14,17-18,21-22H2,1-2,4,6H3. The van der Waals surface area contributed by atoms with Crippen molar-refractivity contribution in [3.05, 3.63) is 59.7 Å². The summed E-state index contributed by atoms with van der Waals surface area (Å²) in [5.41, 5.74) is 0.579. The predicted octanol–water partition coefficient (Wildman–Crippen LogP) is 6.92. The normalized spacial score (nSPS) is 12.1. The topological polar surface area (TPSA) is 105 Å². The fourth-order valence-electron chi connectivity index (χ4n) is 3.79. The third kappa shape index (κ3) is 13.6.